The van der Waals surface area contributed by atoms with Gasteiger partial charge in [-0.3, -0.25) is 14.5 Å². The average molecular weight is 869 g/mol. The van der Waals surface area contributed by atoms with Gasteiger partial charge in [0.15, 0.2) is 6.10 Å². The Balaban J connectivity index is 1.37. The summed E-state index contributed by atoms with van der Waals surface area (Å²) in [5.41, 5.74) is -2.20. The SMILES string of the molecule is CC[C@]1(O)C[C@H]2CN(CCc3c([nH]c4ccc(C(=O)OC)cc34)[C@@](C(=O)OC)(c3cc4c(cc3OC)N(C)[C@H]3[C@@](O)(C(=O)OC)[C@H](OC(C)=O)[C@]5(CC)CC=CN6CC[C@]43[C@@H]65)C2)C1. The first kappa shape index (κ1) is 43.1. The van der Waals surface area contributed by atoms with Crippen LogP contribution in [0.25, 0.3) is 10.9 Å². The molecule has 1 saturated carbocycles. The highest BCUT2D eigenvalue weighted by atomic mass is 16.6. The second-order valence-corrected chi connectivity index (χ2v) is 19.0. The zero-order chi connectivity index (χ0) is 45.0. The number of nitrogens with one attached hydrogen (secondary N) is 1. The van der Waals surface area contributed by atoms with E-state index < -0.39 is 63.5 Å². The summed E-state index contributed by atoms with van der Waals surface area (Å²) in [6, 6.07) is 7.96. The van der Waals surface area contributed by atoms with Crippen LogP contribution >= 0.6 is 0 Å². The van der Waals surface area contributed by atoms with Crippen LogP contribution in [0, 0.1) is 11.3 Å². The van der Waals surface area contributed by atoms with Gasteiger partial charge < -0.3 is 48.7 Å². The Morgan fingerprint density at radius 3 is 2.33 bits per heavy atom. The highest BCUT2D eigenvalue weighted by molar-refractivity contribution is 5.99. The first-order valence-electron chi connectivity index (χ1n) is 22.2. The maximum atomic E-state index is 15.5. The van der Waals surface area contributed by atoms with Crippen molar-refractivity contribution >= 4 is 40.5 Å². The van der Waals surface area contributed by atoms with Gasteiger partial charge in [0, 0.05) is 90.9 Å². The molecule has 1 aliphatic carbocycles. The third-order valence-electron chi connectivity index (χ3n) is 16.2. The van der Waals surface area contributed by atoms with Crippen LogP contribution in [0.3, 0.4) is 0 Å². The summed E-state index contributed by atoms with van der Waals surface area (Å²) >= 11 is 0. The highest BCUT2D eigenvalue weighted by Crippen LogP contribution is 2.69. The number of fused-ring (bicyclic) bond motifs is 6. The standard InChI is InChI=1S/C48H60N4O11/c1-9-44(57)23-28-24-47(42(55)61-7,37-30(14-18-51(25-28)26-44)31-20-29(38(54)60-6)12-13-34(31)49-37)33-21-32-35(22-36(33)59-5)50(4)40-46(32)16-19-52-17-11-15-45(10-2,39(46)52)41(63-27(3)53)48(40,58)43(56)62-8/h11-13,17,20-22,28,39-41,49,57-58H,9-10,14-16,18-19,23-26H2,1-8H3/t28-,39+,40-,41-,44+,45-,46-,47+,48+/m1/s1. The quantitative estimate of drug-likeness (QED) is 0.217. The maximum Gasteiger partial charge on any atom is 0.344 e. The molecule has 3 N–H and O–H groups in total. The van der Waals surface area contributed by atoms with Crippen molar-refractivity contribution in [3.05, 3.63) is 70.6 Å². The number of aliphatic hydroxyl groups is 2. The van der Waals surface area contributed by atoms with Gasteiger partial charge in [-0.05, 0) is 92.5 Å². The molecule has 63 heavy (non-hydrogen) atoms. The van der Waals surface area contributed by atoms with Crippen LogP contribution < -0.4 is 9.64 Å². The smallest absolute Gasteiger partial charge is 0.344 e. The van der Waals surface area contributed by atoms with Crippen molar-refractivity contribution in [1.29, 1.82) is 0 Å². The summed E-state index contributed by atoms with van der Waals surface area (Å²) in [6.07, 6.45) is 5.96. The Hall–Kier alpha value is -5.12. The molecule has 6 heterocycles. The first-order valence-corrected chi connectivity index (χ1v) is 22.2. The number of aromatic nitrogens is 1. The number of H-pyrrole nitrogens is 1. The monoisotopic (exact) mass is 868 g/mol. The molecule has 3 fully saturated rings. The summed E-state index contributed by atoms with van der Waals surface area (Å²) in [5, 5.41) is 26.2. The van der Waals surface area contributed by atoms with Crippen LogP contribution in [0.1, 0.15) is 92.0 Å². The van der Waals surface area contributed by atoms with E-state index in [4.69, 9.17) is 23.7 Å². The normalized spacial score (nSPS) is 35.0. The van der Waals surface area contributed by atoms with Gasteiger partial charge in [0.1, 0.15) is 11.2 Å². The number of hydrogen-bond acceptors (Lipinski definition) is 14. The van der Waals surface area contributed by atoms with E-state index in [1.165, 1.54) is 28.3 Å². The van der Waals surface area contributed by atoms with Crippen LogP contribution in [-0.4, -0.2) is 140 Å². The van der Waals surface area contributed by atoms with E-state index in [2.05, 4.69) is 21.0 Å². The predicted octanol–water partition coefficient (Wildman–Crippen LogP) is 4.13. The van der Waals surface area contributed by atoms with Crippen molar-refractivity contribution < 1.29 is 53.1 Å². The van der Waals surface area contributed by atoms with E-state index in [9.17, 15) is 24.6 Å². The first-order chi connectivity index (χ1) is 30.1. The number of carbonyl (C=O) groups is 4. The number of likely N-dealkylation sites (N-methyl/N-ethyl adjacent to an activating group) is 1. The lowest BCUT2D eigenvalue weighted by molar-refractivity contribution is -0.235. The van der Waals surface area contributed by atoms with Crippen LogP contribution in [0.5, 0.6) is 5.75 Å². The van der Waals surface area contributed by atoms with Crippen LogP contribution in [0.15, 0.2) is 42.6 Å². The van der Waals surface area contributed by atoms with E-state index in [1.807, 2.05) is 56.1 Å². The van der Waals surface area contributed by atoms with Gasteiger partial charge in [0.2, 0.25) is 5.60 Å². The maximum absolute atomic E-state index is 15.5. The Morgan fingerprint density at radius 2 is 1.67 bits per heavy atom. The number of ether oxygens (including phenoxy) is 5. The molecule has 2 aromatic carbocycles. The van der Waals surface area contributed by atoms with Crippen molar-refractivity contribution in [2.24, 2.45) is 11.3 Å². The Morgan fingerprint density at radius 1 is 0.905 bits per heavy atom. The molecule has 0 radical (unpaired) electrons. The van der Waals surface area contributed by atoms with Gasteiger partial charge in [0.05, 0.1) is 45.6 Å². The molecule has 1 unspecified atom stereocenters. The topological polar surface area (TPSA) is 180 Å². The number of anilines is 1. The average Bonchev–Trinajstić information content (AvgIpc) is 3.94. The molecular formula is C48H60N4O11. The lowest BCUT2D eigenvalue weighted by Gasteiger charge is -2.64. The van der Waals surface area contributed by atoms with E-state index in [1.54, 1.807) is 13.2 Å². The van der Waals surface area contributed by atoms with Crippen molar-refractivity contribution in [2.45, 2.75) is 106 Å². The summed E-state index contributed by atoms with van der Waals surface area (Å²) in [6.45, 7) is 7.58. The van der Waals surface area contributed by atoms with Gasteiger partial charge in [-0.15, -0.1) is 0 Å². The molecule has 1 aromatic heterocycles. The van der Waals surface area contributed by atoms with Gasteiger partial charge in [0.25, 0.3) is 0 Å². The van der Waals surface area contributed by atoms with Crippen molar-refractivity contribution in [3.8, 4) is 5.75 Å². The van der Waals surface area contributed by atoms with Gasteiger partial charge >= 0.3 is 23.9 Å². The van der Waals surface area contributed by atoms with Crippen molar-refractivity contribution in [1.82, 2.24) is 14.8 Å². The minimum atomic E-state index is -2.33. The molecule has 5 aliphatic heterocycles. The molecule has 3 aromatic rings. The molecule has 2 bridgehead atoms. The molecule has 0 amide bonds. The number of rotatable bonds is 8. The van der Waals surface area contributed by atoms with Gasteiger partial charge in [-0.2, -0.15) is 0 Å². The minimum Gasteiger partial charge on any atom is -0.496 e. The molecule has 6 aliphatic rings. The lowest BCUT2D eigenvalue weighted by atomic mass is 9.47. The lowest BCUT2D eigenvalue weighted by Crippen LogP contribution is -2.81. The van der Waals surface area contributed by atoms with Crippen molar-refractivity contribution in [3.63, 3.8) is 0 Å². The fourth-order valence-electron chi connectivity index (χ4n) is 13.8. The number of carbonyl (C=O) groups excluding carboxylic acids is 4. The Kier molecular flexibility index (Phi) is 10.3. The number of hydrogen-bond donors (Lipinski definition) is 3. The van der Waals surface area contributed by atoms with E-state index in [0.717, 1.165) is 22.0 Å². The number of allylic oxidation sites excluding steroid dienone is 1. The second kappa shape index (κ2) is 15.0. The largest absolute Gasteiger partial charge is 0.496 e. The van der Waals surface area contributed by atoms with Gasteiger partial charge in [-0.25, -0.2) is 9.59 Å². The summed E-state index contributed by atoms with van der Waals surface area (Å²) in [7, 11) is 7.37. The van der Waals surface area contributed by atoms with Gasteiger partial charge in [-0.1, -0.05) is 19.9 Å². The molecular weight excluding hydrogens is 809 g/mol. The number of aromatic amines is 1. The fraction of sp³-hybridized carbons (Fsp3) is 0.583. The summed E-state index contributed by atoms with van der Waals surface area (Å²) < 4.78 is 29.1. The molecule has 1 spiro atoms. The Labute approximate surface area is 367 Å². The molecule has 15 nitrogen and oxygen atoms in total. The third-order valence-corrected chi connectivity index (χ3v) is 16.2. The third kappa shape index (κ3) is 5.73. The van der Waals surface area contributed by atoms with Crippen LogP contribution in [0.4, 0.5) is 5.69 Å². The zero-order valence-electron chi connectivity index (χ0n) is 37.5. The second-order valence-electron chi connectivity index (χ2n) is 19.0. The summed E-state index contributed by atoms with van der Waals surface area (Å²) in [5.74, 6) is -2.32. The number of esters is 4. The molecule has 9 rings (SSSR count). The van der Waals surface area contributed by atoms with E-state index in [-0.39, 0.29) is 18.4 Å². The summed E-state index contributed by atoms with van der Waals surface area (Å²) in [4.78, 5) is 66.1. The highest BCUT2D eigenvalue weighted by Gasteiger charge is 2.80. The number of methoxy groups -OCH3 is 4. The minimum absolute atomic E-state index is 0.181. The fourth-order valence-corrected chi connectivity index (χ4v) is 13.8. The van der Waals surface area contributed by atoms with E-state index in [0.29, 0.717) is 93.0 Å². The molecule has 15 heteroatoms. The number of piperidine rings is 1. The zero-order valence-corrected chi connectivity index (χ0v) is 37.5. The molecule has 338 valence electrons. The predicted molar refractivity (Wildman–Crippen MR) is 232 cm³/mol. The molecule has 2 saturated heterocycles. The Bertz CT molecular complexity index is 2430. The molecule has 10 atom stereocenters. The van der Waals surface area contributed by atoms with Crippen LogP contribution in [0.2, 0.25) is 0 Å². The van der Waals surface area contributed by atoms with Crippen molar-refractivity contribution in [2.75, 3.05) is 66.6 Å². The van der Waals surface area contributed by atoms with Crippen LogP contribution in [-0.2, 0) is 50.6 Å². The number of benzene rings is 2. The number of nitrogens with zero attached hydrogens (tertiary/aromatic N) is 3. The van der Waals surface area contributed by atoms with E-state index >= 15 is 4.79 Å².